The van der Waals surface area contributed by atoms with Crippen LogP contribution in [-0.4, -0.2) is 56.5 Å². The van der Waals surface area contributed by atoms with Gasteiger partial charge < -0.3 is 25.6 Å². The summed E-state index contributed by atoms with van der Waals surface area (Å²) in [6.45, 7) is 2.28. The van der Waals surface area contributed by atoms with Crippen LogP contribution in [0, 0.1) is 0 Å². The molecule has 1 saturated heterocycles. The third-order valence-corrected chi connectivity index (χ3v) is 4.85. The minimum absolute atomic E-state index is 0.107. The van der Waals surface area contributed by atoms with E-state index in [1.54, 1.807) is 31.2 Å². The number of hydrogen-bond acceptors (Lipinski definition) is 4. The molecule has 3 rings (SSSR count). The van der Waals surface area contributed by atoms with Crippen molar-refractivity contribution in [2.24, 2.45) is 4.99 Å². The summed E-state index contributed by atoms with van der Waals surface area (Å²) in [4.78, 5) is 29.8. The molecule has 1 fully saturated rings. The van der Waals surface area contributed by atoms with E-state index in [-0.39, 0.29) is 18.4 Å². The molecule has 30 heavy (non-hydrogen) atoms. The number of carbonyl (C=O) groups excluding carboxylic acids is 2. The van der Waals surface area contributed by atoms with Gasteiger partial charge in [-0.05, 0) is 23.8 Å². The molecule has 0 radical (unpaired) electrons. The molecule has 0 bridgehead atoms. The number of guanidine groups is 1. The number of nitrogens with zero attached hydrogens (tertiary/aromatic N) is 2. The smallest absolute Gasteiger partial charge is 0.254 e. The summed E-state index contributed by atoms with van der Waals surface area (Å²) in [6.07, 6.45) is 0. The van der Waals surface area contributed by atoms with Gasteiger partial charge >= 0.3 is 0 Å². The number of rotatable bonds is 6. The van der Waals surface area contributed by atoms with Crippen molar-refractivity contribution in [1.29, 1.82) is 0 Å². The van der Waals surface area contributed by atoms with Gasteiger partial charge in [0.15, 0.2) is 5.96 Å². The lowest BCUT2D eigenvalue weighted by atomic mass is 10.1. The fourth-order valence-electron chi connectivity index (χ4n) is 3.19. The van der Waals surface area contributed by atoms with Crippen LogP contribution < -0.4 is 20.7 Å². The first-order valence-electron chi connectivity index (χ1n) is 9.82. The molecule has 1 heterocycles. The Morgan fingerprint density at radius 1 is 1.13 bits per heavy atom. The van der Waals surface area contributed by atoms with E-state index in [2.05, 4.69) is 20.9 Å². The molecule has 3 N–H and O–H groups in total. The molecule has 8 nitrogen and oxygen atoms in total. The van der Waals surface area contributed by atoms with E-state index in [0.717, 1.165) is 16.9 Å². The molecule has 2 aromatic rings. The summed E-state index contributed by atoms with van der Waals surface area (Å²) in [5.74, 6) is 1.24. The predicted molar refractivity (Wildman–Crippen MR) is 115 cm³/mol. The number of amides is 2. The lowest BCUT2D eigenvalue weighted by Gasteiger charge is -2.26. The van der Waals surface area contributed by atoms with E-state index in [4.69, 9.17) is 4.74 Å². The standard InChI is InChI=1S/C22H27N5O3/c1-23-22(26-14-18-5-3-4-6-19(18)30-2)25-13-16-7-9-17(10-8-16)21(29)27-12-11-24-20(28)15-27/h3-10H,11-15H2,1-2H3,(H,24,28)(H2,23,25,26). The third kappa shape index (κ3) is 5.50. The number of benzene rings is 2. The van der Waals surface area contributed by atoms with Gasteiger partial charge in [0, 0.05) is 44.4 Å². The molecule has 2 aromatic carbocycles. The average Bonchev–Trinajstić information content (AvgIpc) is 2.79. The Balaban J connectivity index is 1.52. The van der Waals surface area contributed by atoms with Crippen LogP contribution in [0.4, 0.5) is 0 Å². The van der Waals surface area contributed by atoms with Crippen molar-refractivity contribution in [3.63, 3.8) is 0 Å². The molecule has 8 heteroatoms. The molecule has 1 aliphatic rings. The van der Waals surface area contributed by atoms with Gasteiger partial charge in [-0.15, -0.1) is 0 Å². The molecule has 1 aliphatic heterocycles. The van der Waals surface area contributed by atoms with E-state index in [1.165, 1.54) is 0 Å². The van der Waals surface area contributed by atoms with Crippen LogP contribution >= 0.6 is 0 Å². The molecular formula is C22H27N5O3. The number of aliphatic imine (C=N–C) groups is 1. The Hall–Kier alpha value is -3.55. The lowest BCUT2D eigenvalue weighted by Crippen LogP contribution is -2.49. The van der Waals surface area contributed by atoms with Gasteiger partial charge in [0.25, 0.3) is 5.91 Å². The first-order chi connectivity index (χ1) is 14.6. The highest BCUT2D eigenvalue weighted by molar-refractivity contribution is 5.97. The number of nitrogens with one attached hydrogen (secondary N) is 3. The van der Waals surface area contributed by atoms with Gasteiger partial charge in [0.05, 0.1) is 13.7 Å². The number of methoxy groups -OCH3 is 1. The van der Waals surface area contributed by atoms with Crippen LogP contribution in [0.3, 0.4) is 0 Å². The quantitative estimate of drug-likeness (QED) is 0.491. The van der Waals surface area contributed by atoms with E-state index in [1.807, 2.05) is 36.4 Å². The fraction of sp³-hybridized carbons (Fsp3) is 0.318. The second kappa shape index (κ2) is 10.3. The van der Waals surface area contributed by atoms with Crippen LogP contribution in [0.15, 0.2) is 53.5 Å². The highest BCUT2D eigenvalue weighted by atomic mass is 16.5. The molecule has 0 saturated carbocycles. The topological polar surface area (TPSA) is 95.1 Å². The van der Waals surface area contributed by atoms with Crippen molar-refractivity contribution in [2.45, 2.75) is 13.1 Å². The van der Waals surface area contributed by atoms with E-state index in [9.17, 15) is 9.59 Å². The van der Waals surface area contributed by atoms with Gasteiger partial charge in [-0.1, -0.05) is 30.3 Å². The highest BCUT2D eigenvalue weighted by Gasteiger charge is 2.22. The summed E-state index contributed by atoms with van der Waals surface area (Å²) < 4.78 is 5.37. The second-order valence-corrected chi connectivity index (χ2v) is 6.86. The first-order valence-corrected chi connectivity index (χ1v) is 9.82. The van der Waals surface area contributed by atoms with E-state index >= 15 is 0 Å². The fourth-order valence-corrected chi connectivity index (χ4v) is 3.19. The van der Waals surface area contributed by atoms with Crippen LogP contribution in [0.1, 0.15) is 21.5 Å². The maximum atomic E-state index is 12.5. The van der Waals surface area contributed by atoms with Gasteiger partial charge in [-0.2, -0.15) is 0 Å². The first kappa shape index (κ1) is 21.2. The average molecular weight is 409 g/mol. The minimum atomic E-state index is -0.126. The molecule has 0 aliphatic carbocycles. The molecule has 0 unspecified atom stereocenters. The Labute approximate surface area is 176 Å². The van der Waals surface area contributed by atoms with E-state index < -0.39 is 0 Å². The molecule has 158 valence electrons. The van der Waals surface area contributed by atoms with Crippen LogP contribution in [0.2, 0.25) is 0 Å². The third-order valence-electron chi connectivity index (χ3n) is 4.85. The molecule has 0 atom stereocenters. The van der Waals surface area contributed by atoms with Crippen LogP contribution in [0.5, 0.6) is 5.75 Å². The number of ether oxygens (including phenoxy) is 1. The number of hydrogen-bond donors (Lipinski definition) is 3. The zero-order chi connectivity index (χ0) is 21.3. The Bertz CT molecular complexity index is 911. The SMILES string of the molecule is CN=C(NCc1ccc(C(=O)N2CCNC(=O)C2)cc1)NCc1ccccc1OC. The molecule has 0 spiro atoms. The number of piperazine rings is 1. The zero-order valence-electron chi connectivity index (χ0n) is 17.3. The highest BCUT2D eigenvalue weighted by Crippen LogP contribution is 2.16. The summed E-state index contributed by atoms with van der Waals surface area (Å²) in [6, 6.07) is 15.2. The molecular weight excluding hydrogens is 382 g/mol. The monoisotopic (exact) mass is 409 g/mol. The van der Waals surface area contributed by atoms with Crippen molar-refractivity contribution in [1.82, 2.24) is 20.9 Å². The van der Waals surface area contributed by atoms with Crippen molar-refractivity contribution >= 4 is 17.8 Å². The number of carbonyl (C=O) groups is 2. The normalized spacial score (nSPS) is 14.1. The predicted octanol–water partition coefficient (Wildman–Crippen LogP) is 1.13. The largest absolute Gasteiger partial charge is 0.496 e. The molecule has 0 aromatic heterocycles. The van der Waals surface area contributed by atoms with Crippen LogP contribution in [-0.2, 0) is 17.9 Å². The van der Waals surface area contributed by atoms with Gasteiger partial charge in [-0.3, -0.25) is 14.6 Å². The van der Waals surface area contributed by atoms with E-state index in [0.29, 0.717) is 37.7 Å². The Morgan fingerprint density at radius 2 is 1.87 bits per heavy atom. The summed E-state index contributed by atoms with van der Waals surface area (Å²) in [7, 11) is 3.37. The maximum Gasteiger partial charge on any atom is 0.254 e. The summed E-state index contributed by atoms with van der Waals surface area (Å²) >= 11 is 0. The van der Waals surface area contributed by atoms with Crippen molar-refractivity contribution in [2.75, 3.05) is 33.8 Å². The van der Waals surface area contributed by atoms with Gasteiger partial charge in [0.2, 0.25) is 5.91 Å². The maximum absolute atomic E-state index is 12.5. The van der Waals surface area contributed by atoms with Crippen LogP contribution in [0.25, 0.3) is 0 Å². The lowest BCUT2D eigenvalue weighted by molar-refractivity contribution is -0.123. The summed E-state index contributed by atoms with van der Waals surface area (Å²) in [5.41, 5.74) is 2.63. The summed E-state index contributed by atoms with van der Waals surface area (Å²) in [5, 5.41) is 9.25. The minimum Gasteiger partial charge on any atom is -0.496 e. The van der Waals surface area contributed by atoms with Crippen molar-refractivity contribution in [3.05, 3.63) is 65.2 Å². The van der Waals surface area contributed by atoms with Gasteiger partial charge in [0.1, 0.15) is 5.75 Å². The zero-order valence-corrected chi connectivity index (χ0v) is 17.3. The second-order valence-electron chi connectivity index (χ2n) is 6.86. The molecule has 2 amide bonds. The van der Waals surface area contributed by atoms with Crippen molar-refractivity contribution in [3.8, 4) is 5.75 Å². The Morgan fingerprint density at radius 3 is 2.57 bits per heavy atom. The number of para-hydroxylation sites is 1. The Kier molecular flexibility index (Phi) is 7.26. The van der Waals surface area contributed by atoms with Crippen molar-refractivity contribution < 1.29 is 14.3 Å². The van der Waals surface area contributed by atoms with Gasteiger partial charge in [-0.25, -0.2) is 0 Å².